The van der Waals surface area contributed by atoms with Gasteiger partial charge in [-0.2, -0.15) is 0 Å². The number of nitrogens with one attached hydrogen (secondary N) is 4. The zero-order valence-electron chi connectivity index (χ0n) is 21.4. The first kappa shape index (κ1) is 31.5. The van der Waals surface area contributed by atoms with Crippen LogP contribution in [0.1, 0.15) is 58.1 Å². The standard InChI is InChI=1S/C23H40N8O6/c1-3-13(2)19(26)22(35)31-17(10-14-11-27-12-28-14)21(34)29-15(7-8-18(25)32)20(33)30-16(23(36)37)6-4-5-9-24/h11-13,15-17,19H,3-10,24,26H2,1-2H3,(H2,25,32)(H,27,28)(H,29,34)(H,30,33)(H,31,35)(H,36,37). The number of carboxylic acids is 1. The number of carbonyl (C=O) groups is 5. The zero-order valence-corrected chi connectivity index (χ0v) is 21.4. The van der Waals surface area contributed by atoms with Crippen LogP contribution in [-0.4, -0.2) is 75.4 Å². The van der Waals surface area contributed by atoms with Gasteiger partial charge >= 0.3 is 5.97 Å². The molecule has 1 heterocycles. The second-order valence-electron chi connectivity index (χ2n) is 9.00. The summed E-state index contributed by atoms with van der Waals surface area (Å²) in [4.78, 5) is 68.6. The maximum Gasteiger partial charge on any atom is 0.326 e. The molecule has 0 saturated heterocycles. The maximum absolute atomic E-state index is 13.2. The summed E-state index contributed by atoms with van der Waals surface area (Å²) < 4.78 is 0. The Kier molecular flexibility index (Phi) is 13.9. The summed E-state index contributed by atoms with van der Waals surface area (Å²) in [6.45, 7) is 4.07. The number of aromatic nitrogens is 2. The number of nitrogens with zero attached hydrogens (tertiary/aromatic N) is 1. The van der Waals surface area contributed by atoms with Crippen molar-refractivity contribution < 1.29 is 29.1 Å². The number of hydrogen-bond donors (Lipinski definition) is 8. The SMILES string of the molecule is CCC(C)C(N)C(=O)NC(Cc1cnc[nH]1)C(=O)NC(CCC(N)=O)C(=O)NC(CCCCN)C(=O)O. The monoisotopic (exact) mass is 524 g/mol. The lowest BCUT2D eigenvalue weighted by Crippen LogP contribution is -2.58. The van der Waals surface area contributed by atoms with Crippen LogP contribution in [0.5, 0.6) is 0 Å². The number of amides is 4. The van der Waals surface area contributed by atoms with Crippen LogP contribution in [0.3, 0.4) is 0 Å². The van der Waals surface area contributed by atoms with Gasteiger partial charge in [0.1, 0.15) is 18.1 Å². The molecule has 1 rings (SSSR count). The number of H-pyrrole nitrogens is 1. The largest absolute Gasteiger partial charge is 0.480 e. The lowest BCUT2D eigenvalue weighted by Gasteiger charge is -2.26. The first-order valence-electron chi connectivity index (χ1n) is 12.3. The number of carboxylic acid groups (broad SMARTS) is 1. The third-order valence-corrected chi connectivity index (χ3v) is 6.05. The minimum Gasteiger partial charge on any atom is -0.480 e. The predicted molar refractivity (Wildman–Crippen MR) is 134 cm³/mol. The van der Waals surface area contributed by atoms with E-state index in [1.807, 2.05) is 13.8 Å². The van der Waals surface area contributed by atoms with E-state index in [1.165, 1.54) is 12.5 Å². The van der Waals surface area contributed by atoms with E-state index in [0.29, 0.717) is 31.5 Å². The van der Waals surface area contributed by atoms with Crippen LogP contribution in [0, 0.1) is 5.92 Å². The molecular weight excluding hydrogens is 484 g/mol. The molecule has 0 aliphatic heterocycles. The number of rotatable bonds is 18. The molecule has 0 saturated carbocycles. The summed E-state index contributed by atoms with van der Waals surface area (Å²) in [7, 11) is 0. The van der Waals surface area contributed by atoms with Crippen molar-refractivity contribution in [3.05, 3.63) is 18.2 Å². The lowest BCUT2D eigenvalue weighted by atomic mass is 9.98. The summed E-state index contributed by atoms with van der Waals surface area (Å²) in [5, 5.41) is 17.0. The number of carbonyl (C=O) groups excluding carboxylic acids is 4. The van der Waals surface area contributed by atoms with E-state index < -0.39 is 53.8 Å². The van der Waals surface area contributed by atoms with Gasteiger partial charge in [0.25, 0.3) is 0 Å². The fourth-order valence-electron chi connectivity index (χ4n) is 3.46. The number of imidazole rings is 1. The second kappa shape index (κ2) is 16.3. The van der Waals surface area contributed by atoms with Crippen molar-refractivity contribution in [2.75, 3.05) is 6.54 Å². The summed E-state index contributed by atoms with van der Waals surface area (Å²) >= 11 is 0. The lowest BCUT2D eigenvalue weighted by molar-refractivity contribution is -0.142. The molecular formula is C23H40N8O6. The number of primary amides is 1. The molecule has 1 aromatic rings. The number of hydrogen-bond acceptors (Lipinski definition) is 8. The molecule has 0 radical (unpaired) electrons. The highest BCUT2D eigenvalue weighted by Crippen LogP contribution is 2.08. The van der Waals surface area contributed by atoms with Crippen LogP contribution in [0.25, 0.3) is 0 Å². The number of unbranched alkanes of at least 4 members (excludes halogenated alkanes) is 1. The Morgan fingerprint density at radius 3 is 2.16 bits per heavy atom. The molecule has 0 bridgehead atoms. The minimum atomic E-state index is -1.28. The van der Waals surface area contributed by atoms with E-state index in [9.17, 15) is 29.1 Å². The molecule has 0 aliphatic rings. The van der Waals surface area contributed by atoms with Gasteiger partial charge in [0.05, 0.1) is 12.4 Å². The average Bonchev–Trinajstić information content (AvgIpc) is 3.37. The van der Waals surface area contributed by atoms with Crippen molar-refractivity contribution in [1.29, 1.82) is 0 Å². The summed E-state index contributed by atoms with van der Waals surface area (Å²) in [5.41, 5.74) is 17.2. The highest BCUT2D eigenvalue weighted by Gasteiger charge is 2.31. The fraction of sp³-hybridized carbons (Fsp3) is 0.652. The van der Waals surface area contributed by atoms with Crippen LogP contribution in [0.15, 0.2) is 12.5 Å². The van der Waals surface area contributed by atoms with Crippen LogP contribution in [-0.2, 0) is 30.4 Å². The predicted octanol–water partition coefficient (Wildman–Crippen LogP) is -1.74. The van der Waals surface area contributed by atoms with Crippen molar-refractivity contribution in [3.8, 4) is 0 Å². The Morgan fingerprint density at radius 2 is 1.62 bits per heavy atom. The molecule has 5 atom stereocenters. The molecule has 11 N–H and O–H groups in total. The maximum atomic E-state index is 13.2. The van der Waals surface area contributed by atoms with Gasteiger partial charge in [-0.1, -0.05) is 20.3 Å². The van der Waals surface area contributed by atoms with E-state index in [4.69, 9.17) is 17.2 Å². The molecule has 14 heteroatoms. The Hall–Kier alpha value is -3.52. The zero-order chi connectivity index (χ0) is 28.0. The first-order chi connectivity index (χ1) is 17.5. The summed E-state index contributed by atoms with van der Waals surface area (Å²) in [6, 6.07) is -4.48. The normalized spacial score (nSPS) is 15.0. The molecule has 1 aromatic heterocycles. The van der Waals surface area contributed by atoms with Crippen molar-refractivity contribution in [2.24, 2.45) is 23.1 Å². The average molecular weight is 525 g/mol. The van der Waals surface area contributed by atoms with Crippen molar-refractivity contribution in [1.82, 2.24) is 25.9 Å². The van der Waals surface area contributed by atoms with Crippen LogP contribution >= 0.6 is 0 Å². The van der Waals surface area contributed by atoms with Gasteiger partial charge in [-0.05, 0) is 38.1 Å². The fourth-order valence-corrected chi connectivity index (χ4v) is 3.46. The Balaban J connectivity index is 3.07. The highest BCUT2D eigenvalue weighted by molar-refractivity contribution is 5.94. The number of nitrogens with two attached hydrogens (primary N) is 3. The van der Waals surface area contributed by atoms with Crippen LogP contribution in [0.2, 0.25) is 0 Å². The van der Waals surface area contributed by atoms with Crippen molar-refractivity contribution in [3.63, 3.8) is 0 Å². The molecule has 14 nitrogen and oxygen atoms in total. The molecule has 0 fully saturated rings. The highest BCUT2D eigenvalue weighted by atomic mass is 16.4. The van der Waals surface area contributed by atoms with Gasteiger partial charge in [0.15, 0.2) is 0 Å². The minimum absolute atomic E-state index is 0.0196. The summed E-state index contributed by atoms with van der Waals surface area (Å²) in [6.07, 6.45) is 4.35. The quantitative estimate of drug-likeness (QED) is 0.101. The van der Waals surface area contributed by atoms with E-state index in [-0.39, 0.29) is 31.6 Å². The Labute approximate surface area is 215 Å². The molecule has 5 unspecified atom stereocenters. The first-order valence-corrected chi connectivity index (χ1v) is 12.3. The van der Waals surface area contributed by atoms with Gasteiger partial charge in [-0.25, -0.2) is 9.78 Å². The molecule has 0 aliphatic carbocycles. The Morgan fingerprint density at radius 1 is 1.00 bits per heavy atom. The molecule has 0 spiro atoms. The molecule has 4 amide bonds. The van der Waals surface area contributed by atoms with Gasteiger partial charge < -0.3 is 43.2 Å². The number of aliphatic carboxylic acids is 1. The van der Waals surface area contributed by atoms with Crippen molar-refractivity contribution in [2.45, 2.75) is 83.0 Å². The van der Waals surface area contributed by atoms with Gasteiger partial charge in [0, 0.05) is 24.7 Å². The van der Waals surface area contributed by atoms with Crippen LogP contribution < -0.4 is 33.2 Å². The van der Waals surface area contributed by atoms with Crippen molar-refractivity contribution >= 4 is 29.6 Å². The second-order valence-corrected chi connectivity index (χ2v) is 9.00. The van der Waals surface area contributed by atoms with E-state index >= 15 is 0 Å². The topological polar surface area (TPSA) is 248 Å². The van der Waals surface area contributed by atoms with Crippen LogP contribution in [0.4, 0.5) is 0 Å². The van der Waals surface area contributed by atoms with E-state index in [0.717, 1.165) is 0 Å². The molecule has 208 valence electrons. The smallest absolute Gasteiger partial charge is 0.326 e. The third kappa shape index (κ3) is 11.4. The summed E-state index contributed by atoms with van der Waals surface area (Å²) in [5.74, 6) is -4.15. The Bertz CT molecular complexity index is 894. The number of aromatic amines is 1. The van der Waals surface area contributed by atoms with Gasteiger partial charge in [-0.3, -0.25) is 19.2 Å². The molecule has 37 heavy (non-hydrogen) atoms. The van der Waals surface area contributed by atoms with E-state index in [2.05, 4.69) is 25.9 Å². The van der Waals surface area contributed by atoms with Gasteiger partial charge in [0.2, 0.25) is 23.6 Å². The third-order valence-electron chi connectivity index (χ3n) is 6.05. The van der Waals surface area contributed by atoms with E-state index in [1.54, 1.807) is 0 Å². The molecule has 0 aromatic carbocycles. The van der Waals surface area contributed by atoms with Gasteiger partial charge in [-0.15, -0.1) is 0 Å².